The number of benzene rings is 2. The molecule has 2 N–H and O–H groups in total. The van der Waals surface area contributed by atoms with Crippen molar-refractivity contribution in [1.82, 2.24) is 5.48 Å². The molecule has 126 valence electrons. The highest BCUT2D eigenvalue weighted by Crippen LogP contribution is 2.24. The second kappa shape index (κ2) is 7.73. The van der Waals surface area contributed by atoms with E-state index in [4.69, 9.17) is 10.0 Å². The van der Waals surface area contributed by atoms with Gasteiger partial charge < -0.3 is 0 Å². The van der Waals surface area contributed by atoms with Gasteiger partial charge in [-0.2, -0.15) is 8.42 Å². The second-order valence-electron chi connectivity index (χ2n) is 4.63. The SMILES string of the molecule is CON(c1ccccc1)S(=O)(=O)c1cccc(C=CC(=O)NO)c1. The van der Waals surface area contributed by atoms with Gasteiger partial charge in [0.05, 0.1) is 17.7 Å². The minimum Gasteiger partial charge on any atom is -0.288 e. The van der Waals surface area contributed by atoms with Crippen LogP contribution in [0.25, 0.3) is 6.08 Å². The van der Waals surface area contributed by atoms with Gasteiger partial charge >= 0.3 is 0 Å². The van der Waals surface area contributed by atoms with Crippen molar-refractivity contribution >= 4 is 27.7 Å². The van der Waals surface area contributed by atoms with Crippen molar-refractivity contribution in [3.8, 4) is 0 Å². The zero-order valence-electron chi connectivity index (χ0n) is 12.8. The van der Waals surface area contributed by atoms with E-state index in [9.17, 15) is 13.2 Å². The number of hydrogen-bond acceptors (Lipinski definition) is 5. The Balaban J connectivity index is 2.38. The third-order valence-electron chi connectivity index (χ3n) is 3.04. The number of carbonyl (C=O) groups excluding carboxylic acids is 1. The van der Waals surface area contributed by atoms with Crippen molar-refractivity contribution in [2.75, 3.05) is 11.6 Å². The van der Waals surface area contributed by atoms with Gasteiger partial charge in [-0.15, -0.1) is 4.47 Å². The smallest absolute Gasteiger partial charge is 0.286 e. The molecule has 24 heavy (non-hydrogen) atoms. The first-order valence-corrected chi connectivity index (χ1v) is 8.29. The maximum Gasteiger partial charge on any atom is 0.286 e. The van der Waals surface area contributed by atoms with Gasteiger partial charge in [-0.1, -0.05) is 30.3 Å². The molecule has 2 aromatic rings. The molecule has 2 rings (SSSR count). The summed E-state index contributed by atoms with van der Waals surface area (Å²) in [5.74, 6) is -0.717. The summed E-state index contributed by atoms with van der Waals surface area (Å²) in [7, 11) is -2.68. The Hall–Kier alpha value is -2.68. The van der Waals surface area contributed by atoms with Crippen LogP contribution in [-0.2, 0) is 19.7 Å². The summed E-state index contributed by atoms with van der Waals surface area (Å²) >= 11 is 0. The van der Waals surface area contributed by atoms with Crippen LogP contribution in [-0.4, -0.2) is 26.6 Å². The van der Waals surface area contributed by atoms with E-state index in [2.05, 4.69) is 0 Å². The average molecular weight is 348 g/mol. The van der Waals surface area contributed by atoms with E-state index >= 15 is 0 Å². The molecule has 0 heterocycles. The van der Waals surface area contributed by atoms with E-state index in [1.807, 2.05) is 0 Å². The van der Waals surface area contributed by atoms with Gasteiger partial charge in [0, 0.05) is 6.08 Å². The highest BCUT2D eigenvalue weighted by Gasteiger charge is 2.25. The highest BCUT2D eigenvalue weighted by molar-refractivity contribution is 7.92. The lowest BCUT2D eigenvalue weighted by molar-refractivity contribution is -0.124. The summed E-state index contributed by atoms with van der Waals surface area (Å²) in [6.45, 7) is 0. The van der Waals surface area contributed by atoms with Gasteiger partial charge in [-0.25, -0.2) is 5.48 Å². The van der Waals surface area contributed by atoms with Crippen molar-refractivity contribution < 1.29 is 23.3 Å². The molecule has 0 aliphatic carbocycles. The van der Waals surface area contributed by atoms with Gasteiger partial charge in [-0.3, -0.25) is 14.8 Å². The van der Waals surface area contributed by atoms with E-state index in [1.54, 1.807) is 42.5 Å². The number of carbonyl (C=O) groups is 1. The number of nitrogens with zero attached hydrogens (tertiary/aromatic N) is 1. The number of nitrogens with one attached hydrogen (secondary N) is 1. The van der Waals surface area contributed by atoms with Crippen molar-refractivity contribution in [2.24, 2.45) is 0 Å². The van der Waals surface area contributed by atoms with Gasteiger partial charge in [-0.05, 0) is 35.9 Å². The Kier molecular flexibility index (Phi) is 5.69. The predicted molar refractivity (Wildman–Crippen MR) is 88.5 cm³/mol. The molecule has 0 fully saturated rings. The second-order valence-corrected chi connectivity index (χ2v) is 6.39. The van der Waals surface area contributed by atoms with E-state index in [0.717, 1.165) is 10.5 Å². The lowest BCUT2D eigenvalue weighted by Crippen LogP contribution is -2.29. The van der Waals surface area contributed by atoms with E-state index in [1.165, 1.54) is 30.8 Å². The van der Waals surface area contributed by atoms with E-state index in [-0.39, 0.29) is 4.90 Å². The van der Waals surface area contributed by atoms with E-state index in [0.29, 0.717) is 11.3 Å². The quantitative estimate of drug-likeness (QED) is 0.473. The standard InChI is InChI=1S/C16H16N2O5S/c1-23-18(14-7-3-2-4-8-14)24(21,22)15-9-5-6-13(12-15)10-11-16(19)17-20/h2-12,20H,1H3,(H,17,19). The molecule has 0 aliphatic heterocycles. The van der Waals surface area contributed by atoms with Crippen LogP contribution >= 0.6 is 0 Å². The molecule has 0 spiro atoms. The van der Waals surface area contributed by atoms with Crippen LogP contribution in [0, 0.1) is 0 Å². The van der Waals surface area contributed by atoms with Gasteiger partial charge in [0.25, 0.3) is 15.9 Å². The Morgan fingerprint density at radius 1 is 1.17 bits per heavy atom. The Morgan fingerprint density at radius 3 is 2.50 bits per heavy atom. The molecule has 0 aromatic heterocycles. The minimum atomic E-state index is -3.94. The molecule has 0 saturated heterocycles. The third kappa shape index (κ3) is 3.99. The fraction of sp³-hybridized carbons (Fsp3) is 0.0625. The summed E-state index contributed by atoms with van der Waals surface area (Å²) in [5, 5.41) is 8.46. The van der Waals surface area contributed by atoms with Crippen LogP contribution in [0.4, 0.5) is 5.69 Å². The van der Waals surface area contributed by atoms with Crippen molar-refractivity contribution in [3.63, 3.8) is 0 Å². The molecule has 0 bridgehead atoms. The molecule has 0 unspecified atom stereocenters. The zero-order chi connectivity index (χ0) is 17.6. The number of hydroxylamine groups is 1. The third-order valence-corrected chi connectivity index (χ3v) is 4.69. The first-order valence-electron chi connectivity index (χ1n) is 6.85. The molecule has 7 nitrogen and oxygen atoms in total. The van der Waals surface area contributed by atoms with Gasteiger partial charge in [0.15, 0.2) is 0 Å². The van der Waals surface area contributed by atoms with Crippen LogP contribution in [0.1, 0.15) is 5.56 Å². The van der Waals surface area contributed by atoms with Gasteiger partial charge in [0.1, 0.15) is 0 Å². The number of amides is 1. The Bertz CT molecular complexity index is 835. The van der Waals surface area contributed by atoms with Crippen LogP contribution in [0.3, 0.4) is 0 Å². The van der Waals surface area contributed by atoms with Gasteiger partial charge in [0.2, 0.25) is 0 Å². The topological polar surface area (TPSA) is 95.9 Å². The maximum atomic E-state index is 12.8. The van der Waals surface area contributed by atoms with Crippen LogP contribution < -0.4 is 9.95 Å². The normalized spacial score (nSPS) is 11.4. The number of sulfonamides is 1. The molecule has 2 aromatic carbocycles. The monoisotopic (exact) mass is 348 g/mol. The maximum absolute atomic E-state index is 12.8. The summed E-state index contributed by atoms with van der Waals surface area (Å²) < 4.78 is 26.4. The highest BCUT2D eigenvalue weighted by atomic mass is 32.2. The first kappa shape index (κ1) is 17.7. The summed E-state index contributed by atoms with van der Waals surface area (Å²) in [6.07, 6.45) is 2.46. The van der Waals surface area contributed by atoms with Crippen LogP contribution in [0.5, 0.6) is 0 Å². The van der Waals surface area contributed by atoms with Crippen LogP contribution in [0.2, 0.25) is 0 Å². The first-order chi connectivity index (χ1) is 11.5. The average Bonchev–Trinajstić information content (AvgIpc) is 2.61. The minimum absolute atomic E-state index is 0.000223. The fourth-order valence-corrected chi connectivity index (χ4v) is 3.30. The Labute approximate surface area is 139 Å². The molecular formula is C16H16N2O5S. The molecule has 0 saturated carbocycles. The predicted octanol–water partition coefficient (Wildman–Crippen LogP) is 1.96. The summed E-state index contributed by atoms with van der Waals surface area (Å²) in [6, 6.07) is 14.4. The molecule has 0 aliphatic rings. The summed E-state index contributed by atoms with van der Waals surface area (Å²) in [5.41, 5.74) is 2.29. The van der Waals surface area contributed by atoms with E-state index < -0.39 is 15.9 Å². The van der Waals surface area contributed by atoms with Crippen molar-refractivity contribution in [2.45, 2.75) is 4.90 Å². The molecule has 0 radical (unpaired) electrons. The number of para-hydroxylation sites is 1. The van der Waals surface area contributed by atoms with Crippen molar-refractivity contribution in [1.29, 1.82) is 0 Å². The molecule has 1 amide bonds. The lowest BCUT2D eigenvalue weighted by atomic mass is 10.2. The summed E-state index contributed by atoms with van der Waals surface area (Å²) in [4.78, 5) is 16.1. The number of anilines is 1. The fourth-order valence-electron chi connectivity index (χ4n) is 1.98. The molecule has 0 atom stereocenters. The van der Waals surface area contributed by atoms with Crippen LogP contribution in [0.15, 0.2) is 65.6 Å². The largest absolute Gasteiger partial charge is 0.288 e. The number of hydrogen-bond donors (Lipinski definition) is 2. The zero-order valence-corrected chi connectivity index (χ0v) is 13.6. The molecule has 8 heteroatoms. The lowest BCUT2D eigenvalue weighted by Gasteiger charge is -2.21. The molecular weight excluding hydrogens is 332 g/mol. The number of rotatable bonds is 6. The van der Waals surface area contributed by atoms with Crippen molar-refractivity contribution in [3.05, 3.63) is 66.2 Å². The Morgan fingerprint density at radius 2 is 1.88 bits per heavy atom.